The van der Waals surface area contributed by atoms with Crippen LogP contribution in [0.15, 0.2) is 54.6 Å². The first-order valence-electron chi connectivity index (χ1n) is 6.57. The van der Waals surface area contributed by atoms with Gasteiger partial charge < -0.3 is 9.72 Å². The van der Waals surface area contributed by atoms with Crippen LogP contribution in [0, 0.1) is 0 Å². The molecular weight excluding hydrogens is 266 g/mol. The van der Waals surface area contributed by atoms with Crippen LogP contribution in [0.2, 0.25) is 0 Å². The Morgan fingerprint density at radius 1 is 1.14 bits per heavy atom. The molecule has 2 aromatic carbocycles. The highest BCUT2D eigenvalue weighted by Gasteiger charge is 2.11. The molecule has 0 aliphatic rings. The molecule has 1 heterocycles. The van der Waals surface area contributed by atoms with E-state index < -0.39 is 0 Å². The number of rotatable bonds is 4. The van der Waals surface area contributed by atoms with Gasteiger partial charge in [0.05, 0.1) is 0 Å². The van der Waals surface area contributed by atoms with Crippen LogP contribution in [-0.4, -0.2) is 10.9 Å². The number of ether oxygens (including phenoxy) is 1. The van der Waals surface area contributed by atoms with Gasteiger partial charge in [0.2, 0.25) is 0 Å². The number of hydrogen-bond acceptors (Lipinski definition) is 3. The van der Waals surface area contributed by atoms with Gasteiger partial charge in [0.25, 0.3) is 5.91 Å². The molecular formula is C16H15N3O2. The highest BCUT2D eigenvalue weighted by molar-refractivity contribution is 5.99. The van der Waals surface area contributed by atoms with Gasteiger partial charge in [-0.1, -0.05) is 36.4 Å². The Bertz CT molecular complexity index is 766. The van der Waals surface area contributed by atoms with E-state index in [0.717, 1.165) is 22.2 Å². The lowest BCUT2D eigenvalue weighted by atomic mass is 10.2. The Balaban J connectivity index is 1.88. The molecule has 0 unspecified atom stereocenters. The molecule has 0 saturated heterocycles. The van der Waals surface area contributed by atoms with Crippen LogP contribution >= 0.6 is 0 Å². The van der Waals surface area contributed by atoms with Gasteiger partial charge in [-0.3, -0.25) is 10.2 Å². The molecule has 5 nitrogen and oxygen atoms in total. The highest BCUT2D eigenvalue weighted by Crippen LogP contribution is 2.27. The Morgan fingerprint density at radius 2 is 1.95 bits per heavy atom. The number of hydrogen-bond donors (Lipinski definition) is 3. The molecule has 1 amide bonds. The molecule has 106 valence electrons. The molecule has 0 aliphatic carbocycles. The molecule has 5 heteroatoms. The first-order chi connectivity index (χ1) is 10.3. The van der Waals surface area contributed by atoms with Crippen molar-refractivity contribution in [2.24, 2.45) is 5.84 Å². The van der Waals surface area contributed by atoms with Crippen LogP contribution in [-0.2, 0) is 6.61 Å². The van der Waals surface area contributed by atoms with Crippen molar-refractivity contribution in [2.45, 2.75) is 6.61 Å². The smallest absolute Gasteiger partial charge is 0.281 e. The van der Waals surface area contributed by atoms with E-state index in [1.165, 1.54) is 0 Å². The van der Waals surface area contributed by atoms with Crippen molar-refractivity contribution in [3.63, 3.8) is 0 Å². The van der Waals surface area contributed by atoms with Crippen LogP contribution in [0.3, 0.4) is 0 Å². The van der Waals surface area contributed by atoms with E-state index in [4.69, 9.17) is 10.6 Å². The monoisotopic (exact) mass is 281 g/mol. The zero-order chi connectivity index (χ0) is 14.7. The van der Waals surface area contributed by atoms with Crippen molar-refractivity contribution in [3.05, 3.63) is 65.9 Å². The fourth-order valence-corrected chi connectivity index (χ4v) is 2.19. The van der Waals surface area contributed by atoms with Crippen molar-refractivity contribution in [3.8, 4) is 5.75 Å². The van der Waals surface area contributed by atoms with Gasteiger partial charge in [0, 0.05) is 10.9 Å². The summed E-state index contributed by atoms with van der Waals surface area (Å²) in [5.74, 6) is 5.51. The number of nitrogen functional groups attached to an aromatic ring is 1. The molecule has 0 saturated carbocycles. The molecule has 1 aromatic heterocycles. The van der Waals surface area contributed by atoms with Crippen LogP contribution in [0.5, 0.6) is 5.75 Å². The molecule has 0 spiro atoms. The molecule has 0 aliphatic heterocycles. The zero-order valence-corrected chi connectivity index (χ0v) is 11.3. The van der Waals surface area contributed by atoms with Gasteiger partial charge in [0.1, 0.15) is 18.1 Å². The number of aromatic nitrogens is 1. The van der Waals surface area contributed by atoms with Crippen LogP contribution in [0.25, 0.3) is 10.9 Å². The Morgan fingerprint density at radius 3 is 2.71 bits per heavy atom. The van der Waals surface area contributed by atoms with E-state index in [0.29, 0.717) is 12.3 Å². The second-order valence-corrected chi connectivity index (χ2v) is 4.65. The summed E-state index contributed by atoms with van der Waals surface area (Å²) >= 11 is 0. The lowest BCUT2D eigenvalue weighted by Gasteiger charge is -2.07. The lowest BCUT2D eigenvalue weighted by molar-refractivity contribution is 0.0949. The van der Waals surface area contributed by atoms with Gasteiger partial charge in [0.15, 0.2) is 0 Å². The van der Waals surface area contributed by atoms with E-state index in [1.54, 1.807) is 6.07 Å². The van der Waals surface area contributed by atoms with E-state index in [2.05, 4.69) is 10.4 Å². The van der Waals surface area contributed by atoms with Crippen molar-refractivity contribution >= 4 is 16.8 Å². The molecule has 3 rings (SSSR count). The quantitative estimate of drug-likeness (QED) is 0.390. The second kappa shape index (κ2) is 5.68. The van der Waals surface area contributed by atoms with Crippen LogP contribution < -0.4 is 16.0 Å². The molecule has 0 radical (unpaired) electrons. The predicted molar refractivity (Wildman–Crippen MR) is 80.7 cm³/mol. The van der Waals surface area contributed by atoms with Gasteiger partial charge in [-0.05, 0) is 23.8 Å². The predicted octanol–water partition coefficient (Wildman–Crippen LogP) is 2.35. The van der Waals surface area contributed by atoms with Gasteiger partial charge in [-0.2, -0.15) is 0 Å². The maximum Gasteiger partial charge on any atom is 0.281 e. The number of carbonyl (C=O) groups is 1. The second-order valence-electron chi connectivity index (χ2n) is 4.65. The summed E-state index contributed by atoms with van der Waals surface area (Å²) in [7, 11) is 0. The molecule has 0 atom stereocenters. The standard InChI is InChI=1S/C16H15N3O2/c17-19-16(20)14-9-12-13(18-14)7-4-8-15(12)21-10-11-5-2-1-3-6-11/h1-9,18H,10,17H2,(H,19,20). The summed E-state index contributed by atoms with van der Waals surface area (Å²) in [5.41, 5.74) is 4.43. The summed E-state index contributed by atoms with van der Waals surface area (Å²) < 4.78 is 5.85. The van der Waals surface area contributed by atoms with Crippen LogP contribution in [0.1, 0.15) is 16.1 Å². The average molecular weight is 281 g/mol. The highest BCUT2D eigenvalue weighted by atomic mass is 16.5. The van der Waals surface area contributed by atoms with Crippen molar-refractivity contribution in [1.29, 1.82) is 0 Å². The van der Waals surface area contributed by atoms with Gasteiger partial charge in [-0.15, -0.1) is 0 Å². The topological polar surface area (TPSA) is 80.1 Å². The summed E-state index contributed by atoms with van der Waals surface area (Å²) in [4.78, 5) is 14.6. The Labute approximate surface area is 121 Å². The van der Waals surface area contributed by atoms with Crippen LogP contribution in [0.4, 0.5) is 0 Å². The first-order valence-corrected chi connectivity index (χ1v) is 6.57. The third-order valence-electron chi connectivity index (χ3n) is 3.24. The normalized spacial score (nSPS) is 10.5. The van der Waals surface area contributed by atoms with E-state index >= 15 is 0 Å². The SMILES string of the molecule is NNC(=O)c1cc2c(OCc3ccccc3)cccc2[nH]1. The van der Waals surface area contributed by atoms with Gasteiger partial charge >= 0.3 is 0 Å². The summed E-state index contributed by atoms with van der Waals surface area (Å²) in [6, 6.07) is 17.3. The number of nitrogens with one attached hydrogen (secondary N) is 2. The number of hydrazine groups is 1. The number of aromatic amines is 1. The Kier molecular flexibility index (Phi) is 3.57. The number of amides is 1. The minimum absolute atomic E-state index is 0.361. The van der Waals surface area contributed by atoms with Crippen molar-refractivity contribution in [2.75, 3.05) is 0 Å². The average Bonchev–Trinajstić information content (AvgIpc) is 2.97. The lowest BCUT2D eigenvalue weighted by Crippen LogP contribution is -2.30. The summed E-state index contributed by atoms with van der Waals surface area (Å²) in [5, 5.41) is 0.854. The minimum atomic E-state index is -0.361. The first kappa shape index (κ1) is 13.2. The third kappa shape index (κ3) is 2.73. The number of benzene rings is 2. The molecule has 4 N–H and O–H groups in total. The summed E-state index contributed by atoms with van der Waals surface area (Å²) in [6.07, 6.45) is 0. The van der Waals surface area contributed by atoms with Gasteiger partial charge in [-0.25, -0.2) is 5.84 Å². The number of carbonyl (C=O) groups excluding carboxylic acids is 1. The maximum absolute atomic E-state index is 11.6. The largest absolute Gasteiger partial charge is 0.488 e. The van der Waals surface area contributed by atoms with E-state index in [9.17, 15) is 4.79 Å². The number of H-pyrrole nitrogens is 1. The maximum atomic E-state index is 11.6. The van der Waals surface area contributed by atoms with E-state index in [1.807, 2.05) is 48.5 Å². The molecule has 3 aromatic rings. The molecule has 0 fully saturated rings. The fraction of sp³-hybridized carbons (Fsp3) is 0.0625. The summed E-state index contributed by atoms with van der Waals surface area (Å²) in [6.45, 7) is 0.476. The fourth-order valence-electron chi connectivity index (χ4n) is 2.19. The zero-order valence-electron chi connectivity index (χ0n) is 11.3. The number of fused-ring (bicyclic) bond motifs is 1. The molecule has 21 heavy (non-hydrogen) atoms. The van der Waals surface area contributed by atoms with Crippen molar-refractivity contribution in [1.82, 2.24) is 10.4 Å². The number of nitrogens with two attached hydrogens (primary N) is 1. The van der Waals surface area contributed by atoms with Crippen molar-refractivity contribution < 1.29 is 9.53 Å². The Hall–Kier alpha value is -2.79. The van der Waals surface area contributed by atoms with E-state index in [-0.39, 0.29) is 5.91 Å². The minimum Gasteiger partial charge on any atom is -0.488 e. The third-order valence-corrected chi connectivity index (χ3v) is 3.24. The molecule has 0 bridgehead atoms.